The lowest BCUT2D eigenvalue weighted by molar-refractivity contribution is -0.119. The summed E-state index contributed by atoms with van der Waals surface area (Å²) in [5, 5.41) is 12.0. The van der Waals surface area contributed by atoms with Gasteiger partial charge in [-0.15, -0.1) is 11.3 Å². The number of hydrogen-bond donors (Lipinski definition) is 1. The van der Waals surface area contributed by atoms with Gasteiger partial charge < -0.3 is 10.1 Å². The smallest absolute Gasteiger partial charge is 0.340 e. The summed E-state index contributed by atoms with van der Waals surface area (Å²) in [4.78, 5) is 39.3. The van der Waals surface area contributed by atoms with E-state index in [9.17, 15) is 19.6 Å². The second-order valence-corrected chi connectivity index (χ2v) is 9.05. The predicted octanol–water partition coefficient (Wildman–Crippen LogP) is 4.84. The fourth-order valence-corrected chi connectivity index (χ4v) is 4.77. The Morgan fingerprint density at radius 1 is 1.06 bits per heavy atom. The molecule has 162 valence electrons. The number of nitriles is 1. The number of hydrogen-bond acceptors (Lipinski definition) is 7. The lowest BCUT2D eigenvalue weighted by atomic mass is 10.2. The molecule has 1 amide bonds. The Morgan fingerprint density at radius 2 is 1.75 bits per heavy atom. The molecule has 2 aromatic carbocycles. The monoisotopic (exact) mass is 464 g/mol. The first kappa shape index (κ1) is 23.3. The molecule has 3 aromatic rings. The number of ether oxygens (including phenoxy) is 1. The number of benzene rings is 2. The van der Waals surface area contributed by atoms with E-state index in [1.165, 1.54) is 36.9 Å². The topological polar surface area (TPSA) is 96.3 Å². The Hall–Kier alpha value is -3.41. The van der Waals surface area contributed by atoms with Crippen LogP contribution in [0.15, 0.2) is 70.5 Å². The van der Waals surface area contributed by atoms with E-state index < -0.39 is 12.1 Å². The second-order valence-electron chi connectivity index (χ2n) is 6.79. The Balaban J connectivity index is 1.71. The summed E-state index contributed by atoms with van der Waals surface area (Å²) in [6.07, 6.45) is -0.973. The van der Waals surface area contributed by atoms with Crippen molar-refractivity contribution < 1.29 is 19.1 Å². The number of rotatable bonds is 8. The molecule has 0 radical (unpaired) electrons. The van der Waals surface area contributed by atoms with Crippen LogP contribution in [0, 0.1) is 11.3 Å². The van der Waals surface area contributed by atoms with Crippen LogP contribution in [0.5, 0.6) is 0 Å². The van der Waals surface area contributed by atoms with Gasteiger partial charge in [-0.1, -0.05) is 36.0 Å². The molecular formula is C24H20N2O4S2. The van der Waals surface area contributed by atoms with Crippen LogP contribution in [0.1, 0.15) is 44.3 Å². The van der Waals surface area contributed by atoms with E-state index in [-0.39, 0.29) is 11.7 Å². The van der Waals surface area contributed by atoms with Gasteiger partial charge in [0.25, 0.3) is 0 Å². The van der Waals surface area contributed by atoms with Crippen LogP contribution in [-0.4, -0.2) is 23.8 Å². The summed E-state index contributed by atoms with van der Waals surface area (Å²) in [6.45, 7) is 3.31. The molecule has 0 aliphatic carbocycles. The standard InChI is InChI=1S/C24H20N2O4S2/c1-15(23(28)22-12-11-18(31-22)14-26-16(2)27)30-24(29)19-8-4-6-10-21(19)32-20-9-5-3-7-17(20)13-25/h3-12,15H,14H2,1-2H3,(H,26,27). The van der Waals surface area contributed by atoms with Crippen molar-refractivity contribution in [2.45, 2.75) is 36.3 Å². The summed E-state index contributed by atoms with van der Waals surface area (Å²) in [5.74, 6) is -1.07. The Bertz CT molecular complexity index is 1200. The van der Waals surface area contributed by atoms with E-state index in [2.05, 4.69) is 11.4 Å². The Kier molecular flexibility index (Phi) is 7.82. The first-order chi connectivity index (χ1) is 15.4. The quantitative estimate of drug-likeness (QED) is 0.379. The molecule has 6 nitrogen and oxygen atoms in total. The molecule has 1 unspecified atom stereocenters. The van der Waals surface area contributed by atoms with E-state index in [1.54, 1.807) is 48.5 Å². The minimum atomic E-state index is -0.973. The number of carbonyl (C=O) groups excluding carboxylic acids is 3. The van der Waals surface area contributed by atoms with Crippen molar-refractivity contribution in [2.24, 2.45) is 0 Å². The molecule has 0 saturated carbocycles. The van der Waals surface area contributed by atoms with Gasteiger partial charge in [0.15, 0.2) is 6.10 Å². The molecule has 3 rings (SSSR count). The molecule has 0 spiro atoms. The van der Waals surface area contributed by atoms with Crippen molar-refractivity contribution >= 4 is 40.8 Å². The van der Waals surface area contributed by atoms with Gasteiger partial charge in [-0.3, -0.25) is 9.59 Å². The van der Waals surface area contributed by atoms with Crippen molar-refractivity contribution in [3.63, 3.8) is 0 Å². The first-order valence-electron chi connectivity index (χ1n) is 9.73. The third-order valence-corrected chi connectivity index (χ3v) is 6.66. The van der Waals surface area contributed by atoms with Crippen LogP contribution in [0.25, 0.3) is 0 Å². The average Bonchev–Trinajstić information content (AvgIpc) is 3.27. The van der Waals surface area contributed by atoms with Crippen LogP contribution < -0.4 is 5.32 Å². The molecule has 0 saturated heterocycles. The van der Waals surface area contributed by atoms with Gasteiger partial charge in [0.1, 0.15) is 6.07 Å². The SMILES string of the molecule is CC(=O)NCc1ccc(C(=O)C(C)OC(=O)c2ccccc2Sc2ccccc2C#N)s1. The highest BCUT2D eigenvalue weighted by atomic mass is 32.2. The zero-order valence-electron chi connectivity index (χ0n) is 17.5. The normalized spacial score (nSPS) is 11.3. The van der Waals surface area contributed by atoms with Crippen molar-refractivity contribution in [3.05, 3.63) is 81.5 Å². The van der Waals surface area contributed by atoms with E-state index in [1.807, 2.05) is 12.1 Å². The highest BCUT2D eigenvalue weighted by Gasteiger charge is 2.23. The van der Waals surface area contributed by atoms with Crippen molar-refractivity contribution in [1.82, 2.24) is 5.32 Å². The number of amides is 1. The molecule has 8 heteroatoms. The fourth-order valence-electron chi connectivity index (χ4n) is 2.79. The minimum absolute atomic E-state index is 0.150. The maximum atomic E-state index is 12.8. The van der Waals surface area contributed by atoms with Gasteiger partial charge >= 0.3 is 5.97 Å². The average molecular weight is 465 g/mol. The molecule has 0 aliphatic heterocycles. The highest BCUT2D eigenvalue weighted by Crippen LogP contribution is 2.33. The zero-order valence-corrected chi connectivity index (χ0v) is 19.1. The summed E-state index contributed by atoms with van der Waals surface area (Å²) in [7, 11) is 0. The van der Waals surface area contributed by atoms with Crippen LogP contribution >= 0.6 is 23.1 Å². The first-order valence-corrected chi connectivity index (χ1v) is 11.4. The summed E-state index contributed by atoms with van der Waals surface area (Å²) >= 11 is 2.55. The maximum Gasteiger partial charge on any atom is 0.340 e. The largest absolute Gasteiger partial charge is 0.451 e. The molecular weight excluding hydrogens is 444 g/mol. The lowest BCUT2D eigenvalue weighted by Crippen LogP contribution is -2.24. The summed E-state index contributed by atoms with van der Waals surface area (Å²) in [5.41, 5.74) is 0.833. The van der Waals surface area contributed by atoms with Crippen LogP contribution in [0.3, 0.4) is 0 Å². The number of carbonyl (C=O) groups is 3. The van der Waals surface area contributed by atoms with E-state index in [0.29, 0.717) is 27.4 Å². The number of esters is 1. The molecule has 0 aliphatic rings. The van der Waals surface area contributed by atoms with Gasteiger partial charge in [0.05, 0.1) is 22.5 Å². The Labute approximate surface area is 194 Å². The third-order valence-electron chi connectivity index (χ3n) is 4.40. The van der Waals surface area contributed by atoms with E-state index in [0.717, 1.165) is 9.77 Å². The van der Waals surface area contributed by atoms with Crippen LogP contribution in [0.4, 0.5) is 0 Å². The van der Waals surface area contributed by atoms with Crippen molar-refractivity contribution in [3.8, 4) is 6.07 Å². The third kappa shape index (κ3) is 5.84. The van der Waals surface area contributed by atoms with Crippen molar-refractivity contribution in [1.29, 1.82) is 5.26 Å². The molecule has 1 aromatic heterocycles. The maximum absolute atomic E-state index is 12.8. The number of nitrogens with zero attached hydrogens (tertiary/aromatic N) is 1. The molecule has 0 bridgehead atoms. The van der Waals surface area contributed by atoms with E-state index in [4.69, 9.17) is 4.74 Å². The molecule has 1 N–H and O–H groups in total. The summed E-state index contributed by atoms with van der Waals surface area (Å²) < 4.78 is 5.47. The second kappa shape index (κ2) is 10.8. The fraction of sp³-hybridized carbons (Fsp3) is 0.167. The van der Waals surface area contributed by atoms with Gasteiger partial charge in [-0.05, 0) is 43.3 Å². The zero-order chi connectivity index (χ0) is 23.1. The van der Waals surface area contributed by atoms with Crippen LogP contribution in [-0.2, 0) is 16.1 Å². The number of ketones is 1. The molecule has 32 heavy (non-hydrogen) atoms. The Morgan fingerprint density at radius 3 is 2.47 bits per heavy atom. The molecule has 0 fully saturated rings. The number of thiophene rings is 1. The predicted molar refractivity (Wildman–Crippen MR) is 123 cm³/mol. The van der Waals surface area contributed by atoms with Gasteiger partial charge in [0, 0.05) is 21.6 Å². The molecule has 1 atom stereocenters. The lowest BCUT2D eigenvalue weighted by Gasteiger charge is -2.14. The van der Waals surface area contributed by atoms with Gasteiger partial charge in [-0.2, -0.15) is 5.26 Å². The molecule has 1 heterocycles. The van der Waals surface area contributed by atoms with Crippen LogP contribution in [0.2, 0.25) is 0 Å². The number of nitrogens with one attached hydrogen (secondary N) is 1. The number of Topliss-reactive ketones (excluding diaryl/α,β-unsaturated/α-hetero) is 1. The van der Waals surface area contributed by atoms with Gasteiger partial charge in [0.2, 0.25) is 11.7 Å². The summed E-state index contributed by atoms with van der Waals surface area (Å²) in [6, 6.07) is 19.6. The van der Waals surface area contributed by atoms with Crippen molar-refractivity contribution in [2.75, 3.05) is 0 Å². The van der Waals surface area contributed by atoms with Gasteiger partial charge in [-0.25, -0.2) is 4.79 Å². The van der Waals surface area contributed by atoms with E-state index >= 15 is 0 Å². The highest BCUT2D eigenvalue weighted by molar-refractivity contribution is 7.99. The minimum Gasteiger partial charge on any atom is -0.451 e.